The second-order valence-corrected chi connectivity index (χ2v) is 5.87. The van der Waals surface area contributed by atoms with Crippen LogP contribution in [0.3, 0.4) is 0 Å². The minimum Gasteiger partial charge on any atom is -0.497 e. The summed E-state index contributed by atoms with van der Waals surface area (Å²) < 4.78 is 6.79. The molecule has 0 radical (unpaired) electrons. The van der Waals surface area contributed by atoms with Gasteiger partial charge in [-0.05, 0) is 36.6 Å². The van der Waals surface area contributed by atoms with Crippen molar-refractivity contribution >= 4 is 11.9 Å². The Morgan fingerprint density at radius 2 is 2.12 bits per heavy atom. The highest BCUT2D eigenvalue weighted by atomic mass is 16.5. The summed E-state index contributed by atoms with van der Waals surface area (Å²) in [6.07, 6.45) is 2.20. The van der Waals surface area contributed by atoms with E-state index < -0.39 is 17.9 Å². The Morgan fingerprint density at radius 3 is 2.75 bits per heavy atom. The van der Waals surface area contributed by atoms with E-state index in [-0.39, 0.29) is 5.69 Å². The van der Waals surface area contributed by atoms with Crippen LogP contribution in [0.2, 0.25) is 0 Å². The van der Waals surface area contributed by atoms with Gasteiger partial charge in [-0.2, -0.15) is 5.10 Å². The van der Waals surface area contributed by atoms with Crippen LogP contribution in [0.5, 0.6) is 5.75 Å². The summed E-state index contributed by atoms with van der Waals surface area (Å²) in [5.74, 6) is -0.665. The summed E-state index contributed by atoms with van der Waals surface area (Å²) in [6, 6.07) is 7.19. The Balaban J connectivity index is 1.81. The molecule has 2 aromatic rings. The molecule has 0 aliphatic heterocycles. The average Bonchev–Trinajstić information content (AvgIpc) is 3.34. The maximum Gasteiger partial charge on any atom is 0.330 e. The first-order valence-corrected chi connectivity index (χ1v) is 7.71. The first-order chi connectivity index (χ1) is 11.5. The number of aliphatic carboxylic acids is 1. The molecule has 1 aliphatic rings. The fraction of sp³-hybridized carbons (Fsp3) is 0.353. The molecule has 1 atom stereocenters. The van der Waals surface area contributed by atoms with Crippen LogP contribution in [0.25, 0.3) is 0 Å². The second kappa shape index (κ2) is 6.35. The summed E-state index contributed by atoms with van der Waals surface area (Å²) in [4.78, 5) is 24.0. The highest BCUT2D eigenvalue weighted by Crippen LogP contribution is 2.39. The van der Waals surface area contributed by atoms with Gasteiger partial charge in [0, 0.05) is 18.7 Å². The monoisotopic (exact) mass is 329 g/mol. The molecule has 1 saturated carbocycles. The third-order valence-electron chi connectivity index (χ3n) is 4.09. The van der Waals surface area contributed by atoms with Gasteiger partial charge >= 0.3 is 5.97 Å². The van der Waals surface area contributed by atoms with Gasteiger partial charge in [0.15, 0.2) is 6.04 Å². The number of rotatable bonds is 6. The summed E-state index contributed by atoms with van der Waals surface area (Å²) in [6.45, 7) is 0. The van der Waals surface area contributed by atoms with Gasteiger partial charge in [0.05, 0.1) is 7.11 Å². The molecular weight excluding hydrogens is 310 g/mol. The van der Waals surface area contributed by atoms with Gasteiger partial charge in [-0.3, -0.25) is 9.48 Å². The van der Waals surface area contributed by atoms with E-state index >= 15 is 0 Å². The summed E-state index contributed by atoms with van der Waals surface area (Å²) in [5.41, 5.74) is 1.68. The van der Waals surface area contributed by atoms with Crippen molar-refractivity contribution in [1.82, 2.24) is 15.1 Å². The number of carboxylic acids is 1. The quantitative estimate of drug-likeness (QED) is 0.844. The van der Waals surface area contributed by atoms with E-state index in [2.05, 4.69) is 10.4 Å². The third kappa shape index (κ3) is 3.24. The van der Waals surface area contributed by atoms with Crippen molar-refractivity contribution in [2.75, 3.05) is 7.11 Å². The topological polar surface area (TPSA) is 93.5 Å². The average molecular weight is 329 g/mol. The molecule has 24 heavy (non-hydrogen) atoms. The Bertz CT molecular complexity index is 780. The van der Waals surface area contributed by atoms with Gasteiger partial charge in [-0.15, -0.1) is 0 Å². The number of carbonyl (C=O) groups excluding carboxylic acids is 1. The van der Waals surface area contributed by atoms with Gasteiger partial charge in [-0.25, -0.2) is 4.79 Å². The lowest BCUT2D eigenvalue weighted by Crippen LogP contribution is -2.34. The van der Waals surface area contributed by atoms with Gasteiger partial charge < -0.3 is 15.2 Å². The van der Waals surface area contributed by atoms with Crippen molar-refractivity contribution in [3.63, 3.8) is 0 Å². The molecule has 1 aliphatic carbocycles. The number of hydrogen-bond acceptors (Lipinski definition) is 4. The van der Waals surface area contributed by atoms with Gasteiger partial charge in [0.2, 0.25) is 0 Å². The lowest BCUT2D eigenvalue weighted by molar-refractivity contribution is -0.139. The van der Waals surface area contributed by atoms with Crippen molar-refractivity contribution in [2.24, 2.45) is 7.05 Å². The maximum atomic E-state index is 12.4. The third-order valence-corrected chi connectivity index (χ3v) is 4.09. The van der Waals surface area contributed by atoms with Crippen molar-refractivity contribution in [2.45, 2.75) is 24.8 Å². The standard InChI is InChI=1S/C17H19N3O4/c1-20-14(10-6-7-10)9-13(19-20)16(21)18-15(17(22)23)11-4-3-5-12(8-11)24-2/h3-5,8-10,15H,6-7H2,1-2H3,(H,18,21)(H,22,23)/t15-/m0/s1. The molecule has 0 bridgehead atoms. The lowest BCUT2D eigenvalue weighted by atomic mass is 10.1. The zero-order valence-electron chi connectivity index (χ0n) is 13.5. The molecule has 0 unspecified atom stereocenters. The van der Waals surface area contributed by atoms with E-state index in [1.165, 1.54) is 7.11 Å². The maximum absolute atomic E-state index is 12.4. The molecule has 0 saturated heterocycles. The predicted molar refractivity (Wildman–Crippen MR) is 86.0 cm³/mol. The van der Waals surface area contributed by atoms with Crippen LogP contribution >= 0.6 is 0 Å². The summed E-state index contributed by atoms with van der Waals surface area (Å²) in [5, 5.41) is 16.2. The number of methoxy groups -OCH3 is 1. The number of benzene rings is 1. The van der Waals surface area contributed by atoms with Crippen molar-refractivity contribution < 1.29 is 19.4 Å². The first-order valence-electron chi connectivity index (χ1n) is 7.71. The van der Waals surface area contributed by atoms with E-state index in [9.17, 15) is 14.7 Å². The molecule has 7 heteroatoms. The van der Waals surface area contributed by atoms with Crippen LogP contribution in [0, 0.1) is 0 Å². The smallest absolute Gasteiger partial charge is 0.330 e. The van der Waals surface area contributed by atoms with Crippen LogP contribution < -0.4 is 10.1 Å². The number of carboxylic acid groups (broad SMARTS) is 1. The highest BCUT2D eigenvalue weighted by molar-refractivity contribution is 5.95. The van der Waals surface area contributed by atoms with Crippen molar-refractivity contribution in [1.29, 1.82) is 0 Å². The Kier molecular flexibility index (Phi) is 4.24. The second-order valence-electron chi connectivity index (χ2n) is 5.87. The lowest BCUT2D eigenvalue weighted by Gasteiger charge is -2.15. The molecule has 1 aromatic heterocycles. The molecular formula is C17H19N3O4. The molecule has 1 amide bonds. The summed E-state index contributed by atoms with van der Waals surface area (Å²) in [7, 11) is 3.29. The SMILES string of the molecule is COc1cccc([C@H](NC(=O)c2cc(C3CC3)n(C)n2)C(=O)O)c1. The Hall–Kier alpha value is -2.83. The predicted octanol–water partition coefficient (Wildman–Crippen LogP) is 1.86. The van der Waals surface area contributed by atoms with E-state index in [0.29, 0.717) is 17.2 Å². The number of ether oxygens (including phenoxy) is 1. The van der Waals surface area contributed by atoms with Crippen molar-refractivity contribution in [3.05, 3.63) is 47.3 Å². The fourth-order valence-electron chi connectivity index (χ4n) is 2.67. The van der Waals surface area contributed by atoms with Crippen LogP contribution in [0.4, 0.5) is 0 Å². The van der Waals surface area contributed by atoms with Crippen LogP contribution in [-0.4, -0.2) is 33.9 Å². The number of hydrogen-bond donors (Lipinski definition) is 2. The van der Waals surface area contributed by atoms with Crippen LogP contribution in [0.15, 0.2) is 30.3 Å². The molecule has 1 aromatic carbocycles. The number of nitrogens with zero attached hydrogens (tertiary/aromatic N) is 2. The Morgan fingerprint density at radius 1 is 1.38 bits per heavy atom. The van der Waals surface area contributed by atoms with E-state index in [0.717, 1.165) is 18.5 Å². The normalized spacial score (nSPS) is 14.9. The first kappa shape index (κ1) is 16.0. The highest BCUT2D eigenvalue weighted by Gasteiger charge is 2.29. The number of amides is 1. The molecule has 126 valence electrons. The van der Waals surface area contributed by atoms with Gasteiger partial charge in [-0.1, -0.05) is 12.1 Å². The minimum atomic E-state index is -1.17. The molecule has 7 nitrogen and oxygen atoms in total. The molecule has 3 rings (SSSR count). The molecule has 1 heterocycles. The molecule has 2 N–H and O–H groups in total. The number of aromatic nitrogens is 2. The number of nitrogens with one attached hydrogen (secondary N) is 1. The van der Waals surface area contributed by atoms with Crippen molar-refractivity contribution in [3.8, 4) is 5.75 Å². The zero-order valence-corrected chi connectivity index (χ0v) is 13.5. The van der Waals surface area contributed by atoms with E-state index in [1.54, 1.807) is 42.1 Å². The van der Waals surface area contributed by atoms with Gasteiger partial charge in [0.25, 0.3) is 5.91 Å². The van der Waals surface area contributed by atoms with E-state index in [1.807, 2.05) is 0 Å². The summed E-state index contributed by atoms with van der Waals surface area (Å²) >= 11 is 0. The zero-order chi connectivity index (χ0) is 17.3. The molecule has 0 spiro atoms. The Labute approximate surface area is 139 Å². The molecule has 1 fully saturated rings. The number of aryl methyl sites for hydroxylation is 1. The number of carbonyl (C=O) groups is 2. The van der Waals surface area contributed by atoms with Crippen LogP contribution in [-0.2, 0) is 11.8 Å². The van der Waals surface area contributed by atoms with E-state index in [4.69, 9.17) is 4.74 Å². The van der Waals surface area contributed by atoms with Gasteiger partial charge in [0.1, 0.15) is 11.4 Å². The largest absolute Gasteiger partial charge is 0.497 e. The van der Waals surface area contributed by atoms with Crippen LogP contribution in [0.1, 0.15) is 46.5 Å². The minimum absolute atomic E-state index is 0.230. The fourth-order valence-corrected chi connectivity index (χ4v) is 2.67.